The molecule has 1 saturated heterocycles. The van der Waals surface area contributed by atoms with Crippen LogP contribution in [-0.4, -0.2) is 57.2 Å². The number of rotatable bonds is 6. The van der Waals surface area contributed by atoms with Crippen molar-refractivity contribution in [3.8, 4) is 0 Å². The van der Waals surface area contributed by atoms with Crippen LogP contribution in [-0.2, 0) is 9.59 Å². The Labute approximate surface area is 183 Å². The second kappa shape index (κ2) is 9.98. The fourth-order valence-corrected chi connectivity index (χ4v) is 4.62. The van der Waals surface area contributed by atoms with Crippen LogP contribution in [0.25, 0.3) is 0 Å². The summed E-state index contributed by atoms with van der Waals surface area (Å²) >= 11 is 1.38. The lowest BCUT2D eigenvalue weighted by molar-refractivity contribution is -0.148. The molecular formula is C21H22N4O5S. The molecule has 0 bridgehead atoms. The van der Waals surface area contributed by atoms with Gasteiger partial charge < -0.3 is 25.8 Å². The van der Waals surface area contributed by atoms with E-state index in [1.165, 1.54) is 16.7 Å². The number of anilines is 1. The van der Waals surface area contributed by atoms with Crippen LogP contribution in [0.5, 0.6) is 0 Å². The molecule has 1 heterocycles. The Morgan fingerprint density at radius 3 is 2.58 bits per heavy atom. The molecule has 31 heavy (non-hydrogen) atoms. The van der Waals surface area contributed by atoms with Gasteiger partial charge in [0.05, 0.1) is 12.3 Å². The maximum Gasteiger partial charge on any atom is 0.327 e. The largest absolute Gasteiger partial charge is 0.480 e. The zero-order valence-corrected chi connectivity index (χ0v) is 17.5. The van der Waals surface area contributed by atoms with Crippen LogP contribution in [0.1, 0.15) is 23.4 Å². The second-order valence-corrected chi connectivity index (χ2v) is 7.94. The van der Waals surface area contributed by atoms with Gasteiger partial charge in [-0.3, -0.25) is 4.79 Å². The van der Waals surface area contributed by atoms with Crippen LogP contribution in [0.2, 0.25) is 0 Å². The van der Waals surface area contributed by atoms with E-state index in [1.807, 2.05) is 30.3 Å². The number of carboxylic acid groups (broad SMARTS) is 1. The van der Waals surface area contributed by atoms with Crippen LogP contribution in [0.4, 0.5) is 10.5 Å². The number of hydrogen-bond donors (Lipinski definition) is 4. The van der Waals surface area contributed by atoms with Gasteiger partial charge in [0.15, 0.2) is 0 Å². The molecule has 3 amide bonds. The Hall–Kier alpha value is -3.53. The van der Waals surface area contributed by atoms with E-state index in [1.54, 1.807) is 31.2 Å². The van der Waals surface area contributed by atoms with E-state index in [9.17, 15) is 19.5 Å². The molecule has 0 aromatic heterocycles. The summed E-state index contributed by atoms with van der Waals surface area (Å²) < 4.78 is 0. The Bertz CT molecular complexity index is 998. The monoisotopic (exact) mass is 442 g/mol. The molecule has 1 aliphatic rings. The Kier molecular flexibility index (Phi) is 7.14. The van der Waals surface area contributed by atoms with Crippen molar-refractivity contribution in [1.82, 2.24) is 10.2 Å². The third-order valence-electron chi connectivity index (χ3n) is 4.75. The lowest BCUT2D eigenvalue weighted by atomic mass is 10.1. The van der Waals surface area contributed by atoms with Crippen molar-refractivity contribution in [3.63, 3.8) is 0 Å². The summed E-state index contributed by atoms with van der Waals surface area (Å²) in [5.74, 6) is -1.30. The van der Waals surface area contributed by atoms with E-state index in [0.29, 0.717) is 17.0 Å². The lowest BCUT2D eigenvalue weighted by Gasteiger charge is -2.27. The fraction of sp³-hybridized carbons (Fsp3) is 0.238. The van der Waals surface area contributed by atoms with Crippen LogP contribution in [0.15, 0.2) is 59.8 Å². The maximum atomic E-state index is 12.8. The first-order valence-corrected chi connectivity index (χ1v) is 10.5. The van der Waals surface area contributed by atoms with E-state index in [-0.39, 0.29) is 12.3 Å². The average molecular weight is 442 g/mol. The molecule has 2 aromatic carbocycles. The number of amides is 3. The second-order valence-electron chi connectivity index (χ2n) is 6.83. The number of carbonyl (C=O) groups excluding carboxylic acids is 2. The van der Waals surface area contributed by atoms with Crippen LogP contribution >= 0.6 is 11.8 Å². The van der Waals surface area contributed by atoms with Gasteiger partial charge in [-0.15, -0.1) is 11.8 Å². The lowest BCUT2D eigenvalue weighted by Crippen LogP contribution is -2.47. The van der Waals surface area contributed by atoms with Crippen molar-refractivity contribution in [2.45, 2.75) is 18.3 Å². The first-order valence-electron chi connectivity index (χ1n) is 9.45. The van der Waals surface area contributed by atoms with E-state index in [4.69, 9.17) is 5.21 Å². The zero-order chi connectivity index (χ0) is 22.4. The van der Waals surface area contributed by atoms with Gasteiger partial charge in [-0.25, -0.2) is 9.59 Å². The van der Waals surface area contributed by atoms with Crippen LogP contribution < -0.4 is 10.6 Å². The number of oxime groups is 1. The molecule has 0 radical (unpaired) electrons. The SMILES string of the molecule is C/C(=N\O)c1cccc(NC(=O)NCC(=O)N2[C@@H](c3ccccc3)SC[C@H]2C(=O)O)c1. The average Bonchev–Trinajstić information content (AvgIpc) is 3.23. The molecule has 0 saturated carbocycles. The molecule has 1 fully saturated rings. The molecule has 9 nitrogen and oxygen atoms in total. The zero-order valence-electron chi connectivity index (χ0n) is 16.7. The third kappa shape index (κ3) is 5.34. The van der Waals surface area contributed by atoms with Gasteiger partial charge in [-0.05, 0) is 24.6 Å². The number of nitrogens with one attached hydrogen (secondary N) is 2. The molecule has 162 valence electrons. The minimum absolute atomic E-state index is 0.269. The van der Waals surface area contributed by atoms with E-state index in [2.05, 4.69) is 15.8 Å². The maximum absolute atomic E-state index is 12.8. The van der Waals surface area contributed by atoms with E-state index < -0.39 is 29.3 Å². The molecule has 2 aromatic rings. The van der Waals surface area contributed by atoms with Gasteiger partial charge in [0, 0.05) is 17.0 Å². The normalized spacial score (nSPS) is 18.5. The van der Waals surface area contributed by atoms with Crippen molar-refractivity contribution in [2.75, 3.05) is 17.6 Å². The molecule has 10 heteroatoms. The Morgan fingerprint density at radius 2 is 1.90 bits per heavy atom. The van der Waals surface area contributed by atoms with Crippen LogP contribution in [0, 0.1) is 0 Å². The van der Waals surface area contributed by atoms with Crippen LogP contribution in [0.3, 0.4) is 0 Å². The highest BCUT2D eigenvalue weighted by molar-refractivity contribution is 7.99. The predicted molar refractivity (Wildman–Crippen MR) is 117 cm³/mol. The standard InChI is InChI=1S/C21H22N4O5S/c1-13(24-30)15-8-5-9-16(10-15)23-21(29)22-11-18(26)25-17(20(27)28)12-31-19(25)14-6-3-2-4-7-14/h2-10,17,19,30H,11-12H2,1H3,(H,27,28)(H2,22,23,29)/b24-13+/t17-,19+/m0/s1. The summed E-state index contributed by atoms with van der Waals surface area (Å²) in [7, 11) is 0. The molecule has 4 N–H and O–H groups in total. The minimum Gasteiger partial charge on any atom is -0.480 e. The summed E-state index contributed by atoms with van der Waals surface area (Å²) in [6.45, 7) is 1.27. The van der Waals surface area contributed by atoms with Gasteiger partial charge in [-0.1, -0.05) is 47.6 Å². The summed E-state index contributed by atoms with van der Waals surface area (Å²) in [6, 6.07) is 14.3. The summed E-state index contributed by atoms with van der Waals surface area (Å²) in [5.41, 5.74) is 2.29. The fourth-order valence-electron chi connectivity index (χ4n) is 3.18. The first-order chi connectivity index (χ1) is 14.9. The highest BCUT2D eigenvalue weighted by Gasteiger charge is 2.42. The third-order valence-corrected chi connectivity index (χ3v) is 6.07. The highest BCUT2D eigenvalue weighted by atomic mass is 32.2. The molecule has 0 spiro atoms. The topological polar surface area (TPSA) is 131 Å². The Balaban J connectivity index is 1.65. The van der Waals surface area contributed by atoms with Gasteiger partial charge in [0.2, 0.25) is 5.91 Å². The predicted octanol–water partition coefficient (Wildman–Crippen LogP) is 2.73. The van der Waals surface area contributed by atoms with Gasteiger partial charge in [-0.2, -0.15) is 0 Å². The van der Waals surface area contributed by atoms with Gasteiger partial charge >= 0.3 is 12.0 Å². The van der Waals surface area contributed by atoms with Crippen molar-refractivity contribution >= 4 is 41.1 Å². The summed E-state index contributed by atoms with van der Waals surface area (Å²) in [6.07, 6.45) is 0. The van der Waals surface area contributed by atoms with Crippen molar-refractivity contribution in [2.24, 2.45) is 5.16 Å². The number of benzene rings is 2. The summed E-state index contributed by atoms with van der Waals surface area (Å²) in [4.78, 5) is 38.1. The molecule has 0 aliphatic carbocycles. The number of aliphatic carboxylic acids is 1. The Morgan fingerprint density at radius 1 is 1.16 bits per heavy atom. The number of thioether (sulfide) groups is 1. The van der Waals surface area contributed by atoms with Crippen molar-refractivity contribution in [1.29, 1.82) is 0 Å². The number of nitrogens with zero attached hydrogens (tertiary/aromatic N) is 2. The molecule has 0 unspecified atom stereocenters. The number of carboxylic acids is 1. The molecule has 2 atom stereocenters. The van der Waals surface area contributed by atoms with E-state index in [0.717, 1.165) is 5.56 Å². The first kappa shape index (κ1) is 22.2. The quantitative estimate of drug-likeness (QED) is 0.309. The summed E-state index contributed by atoms with van der Waals surface area (Å²) in [5, 5.41) is 26.2. The van der Waals surface area contributed by atoms with Crippen molar-refractivity contribution in [3.05, 3.63) is 65.7 Å². The number of urea groups is 1. The highest BCUT2D eigenvalue weighted by Crippen LogP contribution is 2.41. The molecule has 1 aliphatic heterocycles. The van der Waals surface area contributed by atoms with Gasteiger partial charge in [0.25, 0.3) is 0 Å². The smallest absolute Gasteiger partial charge is 0.327 e. The van der Waals surface area contributed by atoms with Gasteiger partial charge in [0.1, 0.15) is 11.4 Å². The molecule has 3 rings (SSSR count). The minimum atomic E-state index is -1.08. The molecular weight excluding hydrogens is 420 g/mol. The number of hydrogen-bond acceptors (Lipinski definition) is 6. The van der Waals surface area contributed by atoms with E-state index >= 15 is 0 Å². The number of carbonyl (C=O) groups is 3. The van der Waals surface area contributed by atoms with Crippen molar-refractivity contribution < 1.29 is 24.7 Å².